The van der Waals surface area contributed by atoms with Gasteiger partial charge in [-0.15, -0.1) is 0 Å². The number of nitrogens with zero attached hydrogens (tertiary/aromatic N) is 2. The molecule has 2 atom stereocenters. The van der Waals surface area contributed by atoms with Crippen LogP contribution in [0.2, 0.25) is 0 Å². The van der Waals surface area contributed by atoms with Crippen LogP contribution in [-0.2, 0) is 22.1 Å². The Morgan fingerprint density at radius 3 is 2.74 bits per heavy atom. The first-order valence-corrected chi connectivity index (χ1v) is 10.4. The van der Waals surface area contributed by atoms with Crippen LogP contribution < -0.4 is 10.1 Å². The molecule has 0 aromatic heterocycles. The van der Waals surface area contributed by atoms with Gasteiger partial charge in [0.05, 0.1) is 24.8 Å². The predicted molar refractivity (Wildman–Crippen MR) is 105 cm³/mol. The second-order valence-electron chi connectivity index (χ2n) is 8.37. The number of likely N-dealkylation sites (tertiary alicyclic amines) is 2. The van der Waals surface area contributed by atoms with Gasteiger partial charge in [0.25, 0.3) is 0 Å². The minimum absolute atomic E-state index is 0.0572. The molecule has 0 saturated carbocycles. The molecule has 3 aliphatic rings. The van der Waals surface area contributed by atoms with E-state index in [1.807, 2.05) is 0 Å². The van der Waals surface area contributed by atoms with Crippen LogP contribution in [0, 0.1) is 5.92 Å². The van der Waals surface area contributed by atoms with Gasteiger partial charge in [0.15, 0.2) is 0 Å². The maximum Gasteiger partial charge on any atom is 0.416 e. The Kier molecular flexibility index (Phi) is 6.00. The summed E-state index contributed by atoms with van der Waals surface area (Å²) < 4.78 is 50.5. The van der Waals surface area contributed by atoms with E-state index in [0.29, 0.717) is 45.4 Å². The van der Waals surface area contributed by atoms with E-state index in [1.165, 1.54) is 13.2 Å². The Bertz CT molecular complexity index is 842. The Balaban J connectivity index is 1.27. The summed E-state index contributed by atoms with van der Waals surface area (Å²) in [6, 6.07) is 3.76. The number of nitrogens with one attached hydrogen (secondary N) is 1. The van der Waals surface area contributed by atoms with Gasteiger partial charge < -0.3 is 24.6 Å². The minimum atomic E-state index is -4.43. The topological polar surface area (TPSA) is 71.1 Å². The summed E-state index contributed by atoms with van der Waals surface area (Å²) in [6.45, 7) is 2.11. The summed E-state index contributed by atoms with van der Waals surface area (Å²) in [6.07, 6.45) is -2.95. The summed E-state index contributed by atoms with van der Waals surface area (Å²) in [5.74, 6) is 0.179. The average molecular weight is 441 g/mol. The molecule has 1 N–H and O–H groups in total. The molecular weight excluding hydrogens is 415 g/mol. The highest BCUT2D eigenvalue weighted by Gasteiger charge is 2.40. The smallest absolute Gasteiger partial charge is 0.416 e. The van der Waals surface area contributed by atoms with E-state index in [1.54, 1.807) is 15.9 Å². The number of urea groups is 1. The highest BCUT2D eigenvalue weighted by Crippen LogP contribution is 2.36. The SMILES string of the molecule is COc1ccc(CCC2CN(C(=O)N3CC[C@@H]4OCC(=O)N[C@@H]4C3)C2)c(C(F)(F)F)c1. The molecule has 3 fully saturated rings. The molecular formula is C21H26F3N3O4. The van der Waals surface area contributed by atoms with Crippen molar-refractivity contribution in [1.82, 2.24) is 15.1 Å². The van der Waals surface area contributed by atoms with Crippen LogP contribution in [0.5, 0.6) is 5.75 Å². The van der Waals surface area contributed by atoms with Crippen molar-refractivity contribution in [2.45, 2.75) is 37.6 Å². The zero-order chi connectivity index (χ0) is 22.2. The van der Waals surface area contributed by atoms with Crippen molar-refractivity contribution in [1.29, 1.82) is 0 Å². The monoisotopic (exact) mass is 441 g/mol. The van der Waals surface area contributed by atoms with E-state index in [4.69, 9.17) is 9.47 Å². The Hall–Kier alpha value is -2.49. The summed E-state index contributed by atoms with van der Waals surface area (Å²) in [5, 5.41) is 2.87. The fraction of sp³-hybridized carbons (Fsp3) is 0.619. The van der Waals surface area contributed by atoms with Gasteiger partial charge in [-0.1, -0.05) is 6.07 Å². The quantitative estimate of drug-likeness (QED) is 0.779. The first-order valence-electron chi connectivity index (χ1n) is 10.4. The first-order chi connectivity index (χ1) is 14.7. The summed E-state index contributed by atoms with van der Waals surface area (Å²) in [4.78, 5) is 27.7. The number of fused-ring (bicyclic) bond motifs is 1. The molecule has 3 amide bonds. The number of carbonyl (C=O) groups excluding carboxylic acids is 2. The molecule has 0 spiro atoms. The minimum Gasteiger partial charge on any atom is -0.497 e. The van der Waals surface area contributed by atoms with Crippen molar-refractivity contribution in [2.75, 3.05) is 39.9 Å². The third-order valence-electron chi connectivity index (χ3n) is 6.27. The van der Waals surface area contributed by atoms with E-state index in [0.717, 1.165) is 6.07 Å². The number of methoxy groups -OCH3 is 1. The lowest BCUT2D eigenvalue weighted by atomic mass is 9.91. The third kappa shape index (κ3) is 4.73. The maximum absolute atomic E-state index is 13.4. The molecule has 170 valence electrons. The lowest BCUT2D eigenvalue weighted by Gasteiger charge is -2.46. The van der Waals surface area contributed by atoms with Gasteiger partial charge in [0, 0.05) is 26.2 Å². The largest absolute Gasteiger partial charge is 0.497 e. The highest BCUT2D eigenvalue weighted by atomic mass is 19.4. The molecule has 10 heteroatoms. The lowest BCUT2D eigenvalue weighted by Crippen LogP contribution is -2.64. The van der Waals surface area contributed by atoms with Crippen LogP contribution in [0.1, 0.15) is 24.0 Å². The molecule has 0 bridgehead atoms. The van der Waals surface area contributed by atoms with Crippen LogP contribution in [0.25, 0.3) is 0 Å². The number of amides is 3. The van der Waals surface area contributed by atoms with E-state index in [-0.39, 0.29) is 47.9 Å². The van der Waals surface area contributed by atoms with E-state index in [9.17, 15) is 22.8 Å². The Morgan fingerprint density at radius 1 is 1.26 bits per heavy atom. The van der Waals surface area contributed by atoms with Gasteiger partial charge in [0.2, 0.25) is 5.91 Å². The van der Waals surface area contributed by atoms with Crippen molar-refractivity contribution in [2.24, 2.45) is 5.92 Å². The molecule has 31 heavy (non-hydrogen) atoms. The number of aryl methyl sites for hydroxylation is 1. The van der Waals surface area contributed by atoms with Gasteiger partial charge in [-0.2, -0.15) is 13.2 Å². The number of hydrogen-bond donors (Lipinski definition) is 1. The summed E-state index contributed by atoms with van der Waals surface area (Å²) in [5.41, 5.74) is -0.424. The van der Waals surface area contributed by atoms with E-state index in [2.05, 4.69) is 5.32 Å². The lowest BCUT2D eigenvalue weighted by molar-refractivity contribution is -0.140. The number of morpholine rings is 1. The number of alkyl halides is 3. The number of piperidine rings is 1. The number of rotatable bonds is 4. The second-order valence-corrected chi connectivity index (χ2v) is 8.37. The number of hydrogen-bond acceptors (Lipinski definition) is 4. The number of carbonyl (C=O) groups is 2. The second kappa shape index (κ2) is 8.57. The van der Waals surface area contributed by atoms with Gasteiger partial charge in [-0.25, -0.2) is 4.79 Å². The number of benzene rings is 1. The summed E-state index contributed by atoms with van der Waals surface area (Å²) in [7, 11) is 1.34. The van der Waals surface area contributed by atoms with Crippen molar-refractivity contribution < 1.29 is 32.2 Å². The molecule has 4 rings (SSSR count). The highest BCUT2D eigenvalue weighted by molar-refractivity contribution is 5.79. The zero-order valence-electron chi connectivity index (χ0n) is 17.3. The van der Waals surface area contributed by atoms with Crippen LogP contribution in [0.15, 0.2) is 18.2 Å². The number of ether oxygens (including phenoxy) is 2. The first kappa shape index (κ1) is 21.7. The zero-order valence-corrected chi connectivity index (χ0v) is 17.3. The van der Waals surface area contributed by atoms with Crippen LogP contribution in [-0.4, -0.2) is 73.8 Å². The molecule has 1 aromatic carbocycles. The van der Waals surface area contributed by atoms with E-state index < -0.39 is 11.7 Å². The molecule has 0 radical (unpaired) electrons. The van der Waals surface area contributed by atoms with Crippen molar-refractivity contribution in [3.05, 3.63) is 29.3 Å². The molecule has 0 aliphatic carbocycles. The van der Waals surface area contributed by atoms with Crippen LogP contribution in [0.3, 0.4) is 0 Å². The standard InChI is InChI=1S/C21H26F3N3O4/c1-30-15-5-4-14(16(8-15)21(22,23)24)3-2-13-9-27(10-13)20(29)26-7-6-18-17(11-26)25-19(28)12-31-18/h4-5,8,13,17-18H,2-3,6-7,9-12H2,1H3,(H,25,28)/t17-,18+/m1/s1. The maximum atomic E-state index is 13.4. The summed E-state index contributed by atoms with van der Waals surface area (Å²) >= 11 is 0. The Labute approximate surface area is 178 Å². The fourth-order valence-corrected chi connectivity index (χ4v) is 4.51. The third-order valence-corrected chi connectivity index (χ3v) is 6.27. The predicted octanol–water partition coefficient (Wildman–Crippen LogP) is 2.29. The van der Waals surface area contributed by atoms with Crippen molar-refractivity contribution >= 4 is 11.9 Å². The molecule has 7 nitrogen and oxygen atoms in total. The number of halogens is 3. The van der Waals surface area contributed by atoms with Crippen LogP contribution in [0.4, 0.5) is 18.0 Å². The van der Waals surface area contributed by atoms with Gasteiger partial charge in [-0.05, 0) is 42.9 Å². The normalized spacial score (nSPS) is 24.3. The molecule has 3 aliphatic heterocycles. The average Bonchev–Trinajstić information content (AvgIpc) is 2.71. The van der Waals surface area contributed by atoms with E-state index >= 15 is 0 Å². The Morgan fingerprint density at radius 2 is 2.03 bits per heavy atom. The molecule has 1 aromatic rings. The van der Waals surface area contributed by atoms with Gasteiger partial charge >= 0.3 is 12.2 Å². The molecule has 0 unspecified atom stereocenters. The van der Waals surface area contributed by atoms with Crippen molar-refractivity contribution in [3.8, 4) is 5.75 Å². The van der Waals surface area contributed by atoms with Crippen LogP contribution >= 0.6 is 0 Å². The van der Waals surface area contributed by atoms with Gasteiger partial charge in [-0.3, -0.25) is 4.79 Å². The molecule has 3 heterocycles. The molecule has 3 saturated heterocycles. The fourth-order valence-electron chi connectivity index (χ4n) is 4.51. The van der Waals surface area contributed by atoms with Gasteiger partial charge in [0.1, 0.15) is 12.4 Å². The van der Waals surface area contributed by atoms with Crippen molar-refractivity contribution in [3.63, 3.8) is 0 Å².